The van der Waals surface area contributed by atoms with Crippen molar-refractivity contribution in [1.82, 2.24) is 0 Å². The molecule has 0 aliphatic heterocycles. The quantitative estimate of drug-likeness (QED) is 0.0650. The zero-order valence-corrected chi connectivity index (χ0v) is 51.4. The number of hydrogen-bond acceptors (Lipinski definition) is 14. The third-order valence-electron chi connectivity index (χ3n) is 24.8. The lowest BCUT2D eigenvalue weighted by molar-refractivity contribution is -0.242. The van der Waals surface area contributed by atoms with Crippen LogP contribution in [0.3, 0.4) is 0 Å². The zero-order valence-electron chi connectivity index (χ0n) is 51.4. The number of ether oxygens (including phenoxy) is 5. The smallest absolute Gasteiger partial charge is 0.481 e. The van der Waals surface area contributed by atoms with Crippen LogP contribution in [0.25, 0.3) is 0 Å². The lowest BCUT2D eigenvalue weighted by Crippen LogP contribution is -2.63. The van der Waals surface area contributed by atoms with E-state index in [9.17, 15) is 74.9 Å². The summed E-state index contributed by atoms with van der Waals surface area (Å²) in [6, 6.07) is 12.2. The van der Waals surface area contributed by atoms with E-state index in [-0.39, 0.29) is 108 Å². The summed E-state index contributed by atoms with van der Waals surface area (Å²) in [5, 5.41) is 22.0. The van der Waals surface area contributed by atoms with Gasteiger partial charge in [0.25, 0.3) is 0 Å². The molecule has 0 saturated heterocycles. The van der Waals surface area contributed by atoms with Crippen molar-refractivity contribution in [2.45, 2.75) is 206 Å². The molecule has 488 valence electrons. The minimum atomic E-state index is -5.31. The van der Waals surface area contributed by atoms with Crippen molar-refractivity contribution in [2.75, 3.05) is 0 Å². The molecule has 8 aliphatic rings. The summed E-state index contributed by atoms with van der Waals surface area (Å²) in [6.07, 6.45) is -9.35. The molecule has 0 aromatic heterocycles. The van der Waals surface area contributed by atoms with Gasteiger partial charge in [0, 0.05) is 40.7 Å². The summed E-state index contributed by atoms with van der Waals surface area (Å²) in [6.45, 7) is 11.6. The summed E-state index contributed by atoms with van der Waals surface area (Å²) < 4.78 is 116. The van der Waals surface area contributed by atoms with Crippen molar-refractivity contribution in [3.8, 4) is 0 Å². The Bertz CT molecular complexity index is 3040. The van der Waals surface area contributed by atoms with Crippen LogP contribution in [0, 0.1) is 92.7 Å². The van der Waals surface area contributed by atoms with E-state index in [2.05, 4.69) is 13.8 Å². The van der Waals surface area contributed by atoms with E-state index in [0.717, 1.165) is 0 Å². The Kier molecular flexibility index (Phi) is 18.5. The van der Waals surface area contributed by atoms with Gasteiger partial charge < -0.3 is 33.9 Å². The molecule has 10 rings (SSSR count). The molecule has 89 heavy (non-hydrogen) atoms. The van der Waals surface area contributed by atoms with Crippen LogP contribution >= 0.6 is 0 Å². The number of aliphatic hydroxyl groups excluding tert-OH is 1. The summed E-state index contributed by atoms with van der Waals surface area (Å²) in [5.41, 5.74) is -2.37. The first-order valence-electron chi connectivity index (χ1n) is 32.0. The highest BCUT2D eigenvalue weighted by Gasteiger charge is 2.70. The number of alkyl halides is 6. The highest BCUT2D eigenvalue weighted by molar-refractivity contribution is 5.92. The van der Waals surface area contributed by atoms with E-state index >= 15 is 0 Å². The van der Waals surface area contributed by atoms with Gasteiger partial charge in [-0.2, -0.15) is 26.3 Å². The van der Waals surface area contributed by atoms with Gasteiger partial charge in [0.15, 0.2) is 0 Å². The molecule has 2 aromatic carbocycles. The number of esters is 5. The first-order valence-corrected chi connectivity index (χ1v) is 32.0. The topological polar surface area (TPSA) is 223 Å². The van der Waals surface area contributed by atoms with Crippen LogP contribution in [-0.4, -0.2) is 108 Å². The molecule has 8 aliphatic carbocycles. The highest BCUT2D eigenvalue weighted by atomic mass is 19.4. The number of aldehydes is 2. The largest absolute Gasteiger partial charge is 0.490 e. The Hall–Kier alpha value is -5.86. The van der Waals surface area contributed by atoms with E-state index in [1.165, 1.54) is 18.2 Å². The molecule has 0 amide bonds. The van der Waals surface area contributed by atoms with Gasteiger partial charge in [0.05, 0.1) is 17.2 Å². The molecule has 2 aromatic rings. The number of halogens is 6. The van der Waals surface area contributed by atoms with Crippen molar-refractivity contribution in [1.29, 1.82) is 0 Å². The molecule has 21 heteroatoms. The lowest BCUT2D eigenvalue weighted by Gasteiger charge is -2.64. The Morgan fingerprint density at radius 1 is 0.562 bits per heavy atom. The second kappa shape index (κ2) is 25.0. The SMILES string of the molecule is C[C@H](CCC(=O)O[C@@H]1C[C@@H]2C[C@H](OC(=O)c3cccc(C=O)c3)CC[C@]2(C)[C@H]2C[C@H](OC(=O)C(F)(F)F)[C@]3(C)[C@@H]([C@H](C)CCC(=O)O)CC[C@H]3[C@H]12)[C@H]1CC[C@H]2[C@@H]3[C@H](O)C[C@@H]4C[C@H](OC(=O)c5cccc(C=O)c5)CC[C@]4(C)[C@H]3C[C@H](OC(=O)C(F)(F)F)[C@]12C. The Morgan fingerprint density at radius 2 is 1.00 bits per heavy atom. The number of carbonyl (C=O) groups excluding carboxylic acids is 7. The van der Waals surface area contributed by atoms with Crippen LogP contribution in [0.5, 0.6) is 0 Å². The Balaban J connectivity index is 0.896. The van der Waals surface area contributed by atoms with E-state index in [0.29, 0.717) is 95.2 Å². The van der Waals surface area contributed by atoms with Crippen LogP contribution in [0.1, 0.15) is 199 Å². The number of aliphatic carboxylic acids is 1. The Labute approximate surface area is 514 Å². The molecule has 8 fully saturated rings. The van der Waals surface area contributed by atoms with E-state index in [4.69, 9.17) is 23.7 Å². The Morgan fingerprint density at radius 3 is 1.45 bits per heavy atom. The number of carboxylic acid groups (broad SMARTS) is 1. The molecule has 15 nitrogen and oxygen atoms in total. The second-order valence-corrected chi connectivity index (χ2v) is 28.9. The van der Waals surface area contributed by atoms with Crippen molar-refractivity contribution in [3.63, 3.8) is 0 Å². The van der Waals surface area contributed by atoms with Crippen LogP contribution in [0.4, 0.5) is 26.3 Å². The van der Waals surface area contributed by atoms with Crippen LogP contribution in [0.15, 0.2) is 48.5 Å². The standard InChI is InChI=1S/C68H84F6O15/c1-35(13-19-55(78)79)45-16-18-48-58-50(32-54(66(45,48)6)89-62(84)68(72,73)74)64(4)24-22-44(86-60(82)40-12-8-10-38(26-40)34-76)28-42(64)30-52(58)87-56(80)20-14-36(2)46-15-17-47-57-49(31-53(65(46,47)5)88-61(83)67(69,70)71)63(3)23-21-43(27-41(63)29-51(57)77)85-59(81)39-11-7-9-37(25-39)33-75/h7-12,25-26,33-36,41-54,57-58,77H,13-24,27-32H2,1-6H3,(H,78,79)/t35-,36-,41+,42+,43-,44-,45-,46-,47+,48+,49+,50+,51-,52-,53+,54+,57+,58+,63+,64+,65-,66-/m1/s1. The number of aliphatic hydroxyl groups is 1. The third-order valence-corrected chi connectivity index (χ3v) is 24.8. The number of hydrogen-bond donors (Lipinski definition) is 2. The normalized spacial score (nSPS) is 38.7. The minimum Gasteiger partial charge on any atom is -0.481 e. The minimum absolute atomic E-state index is 0.00385. The molecule has 0 unspecified atom stereocenters. The zero-order chi connectivity index (χ0) is 64.5. The fourth-order valence-electron chi connectivity index (χ4n) is 20.5. The monoisotopic (exact) mass is 1250 g/mol. The van der Waals surface area contributed by atoms with E-state index < -0.39 is 124 Å². The molecule has 0 spiro atoms. The molecule has 0 radical (unpaired) electrons. The summed E-state index contributed by atoms with van der Waals surface area (Å²) in [7, 11) is 0. The van der Waals surface area contributed by atoms with Gasteiger partial charge in [0.2, 0.25) is 0 Å². The van der Waals surface area contributed by atoms with Crippen LogP contribution in [-0.2, 0) is 42.9 Å². The summed E-state index contributed by atoms with van der Waals surface area (Å²) in [4.78, 5) is 103. The van der Waals surface area contributed by atoms with Gasteiger partial charge in [-0.25, -0.2) is 19.2 Å². The van der Waals surface area contributed by atoms with Gasteiger partial charge >= 0.3 is 48.2 Å². The van der Waals surface area contributed by atoms with Gasteiger partial charge in [-0.15, -0.1) is 0 Å². The van der Waals surface area contributed by atoms with Crippen molar-refractivity contribution in [3.05, 3.63) is 70.8 Å². The fraction of sp³-hybridized carbons (Fsp3) is 0.706. The van der Waals surface area contributed by atoms with Crippen molar-refractivity contribution < 1.29 is 98.6 Å². The number of carbonyl (C=O) groups is 8. The molecular formula is C68H84F6O15. The molecule has 2 N–H and O–H groups in total. The molecule has 0 heterocycles. The predicted octanol–water partition coefficient (Wildman–Crippen LogP) is 13.0. The first-order chi connectivity index (χ1) is 41.8. The maximum absolute atomic E-state index is 14.8. The van der Waals surface area contributed by atoms with Crippen molar-refractivity contribution >= 4 is 48.4 Å². The number of benzene rings is 2. The van der Waals surface area contributed by atoms with Gasteiger partial charge in [-0.05, 0) is 203 Å². The van der Waals surface area contributed by atoms with Crippen LogP contribution < -0.4 is 0 Å². The van der Waals surface area contributed by atoms with Gasteiger partial charge in [-0.1, -0.05) is 65.8 Å². The lowest BCUT2D eigenvalue weighted by atomic mass is 9.43. The summed E-state index contributed by atoms with van der Waals surface area (Å²) >= 11 is 0. The number of fused-ring (bicyclic) bond motifs is 10. The van der Waals surface area contributed by atoms with Gasteiger partial charge in [-0.3, -0.25) is 19.2 Å². The molecule has 22 atom stereocenters. The van der Waals surface area contributed by atoms with E-state index in [1.807, 2.05) is 27.7 Å². The fourth-order valence-corrected chi connectivity index (χ4v) is 20.5. The third kappa shape index (κ3) is 12.4. The van der Waals surface area contributed by atoms with Crippen LogP contribution in [0.2, 0.25) is 0 Å². The maximum atomic E-state index is 14.8. The number of rotatable bonds is 17. The van der Waals surface area contributed by atoms with Crippen molar-refractivity contribution in [2.24, 2.45) is 92.7 Å². The highest BCUT2D eigenvalue weighted by Crippen LogP contribution is 2.72. The number of carboxylic acids is 1. The average molecular weight is 1260 g/mol. The van der Waals surface area contributed by atoms with Gasteiger partial charge in [0.1, 0.15) is 43.1 Å². The molecule has 0 bridgehead atoms. The molecular weight excluding hydrogens is 1170 g/mol. The van der Waals surface area contributed by atoms with E-state index in [1.54, 1.807) is 30.3 Å². The average Bonchev–Trinajstić information content (AvgIpc) is 1.73. The first kappa shape index (κ1) is 66.1. The maximum Gasteiger partial charge on any atom is 0.490 e. The molecule has 8 saturated carbocycles. The summed E-state index contributed by atoms with van der Waals surface area (Å²) in [5.74, 6) is -11.9. The second-order valence-electron chi connectivity index (χ2n) is 28.9. The predicted molar refractivity (Wildman–Crippen MR) is 306 cm³/mol.